The third-order valence-electron chi connectivity index (χ3n) is 16.6. The molecule has 294 valence electrons. The second kappa shape index (κ2) is 11.2. The van der Waals surface area contributed by atoms with E-state index in [4.69, 9.17) is 0 Å². The average Bonchev–Trinajstić information content (AvgIpc) is 3.18. The van der Waals surface area contributed by atoms with Gasteiger partial charge in [0.2, 0.25) is 13.4 Å². The van der Waals surface area contributed by atoms with Gasteiger partial charge in [-0.1, -0.05) is 258 Å². The van der Waals surface area contributed by atoms with Gasteiger partial charge in [0.25, 0.3) is 0 Å². The van der Waals surface area contributed by atoms with Crippen LogP contribution in [0, 0.1) is 0 Å². The molecule has 4 aliphatic heterocycles. The van der Waals surface area contributed by atoms with Crippen molar-refractivity contribution in [3.05, 3.63) is 121 Å². The van der Waals surface area contributed by atoms with Crippen LogP contribution in [0.15, 0.2) is 121 Å². The van der Waals surface area contributed by atoms with Crippen molar-refractivity contribution in [2.24, 2.45) is 0 Å². The van der Waals surface area contributed by atoms with E-state index in [1.165, 1.54) is 65.5 Å². The van der Waals surface area contributed by atoms with Crippen LogP contribution in [0.25, 0.3) is 54.6 Å². The molecule has 0 radical (unpaired) electrons. The van der Waals surface area contributed by atoms with Crippen LogP contribution >= 0.6 is 0 Å². The normalized spacial score (nSPS) is 16.9. The molecule has 12 rings (SSSR count). The lowest BCUT2D eigenvalue weighted by molar-refractivity contribution is 0.636. The zero-order valence-electron chi connectivity index (χ0n) is 37.7. The van der Waals surface area contributed by atoms with Crippen LogP contribution in [-0.4, -0.2) is 29.6 Å². The molecular formula is C56H56B2Si2. The molecule has 0 aromatic heterocycles. The topological polar surface area (TPSA) is 0 Å². The summed E-state index contributed by atoms with van der Waals surface area (Å²) < 4.78 is 0. The van der Waals surface area contributed by atoms with Crippen molar-refractivity contribution in [1.82, 2.24) is 0 Å². The molecule has 0 saturated carbocycles. The molecule has 0 atom stereocenters. The van der Waals surface area contributed by atoms with Crippen LogP contribution in [-0.2, 0) is 0 Å². The lowest BCUT2D eigenvalue weighted by Gasteiger charge is -2.57. The van der Waals surface area contributed by atoms with Crippen LogP contribution in [0.5, 0.6) is 0 Å². The quantitative estimate of drug-likeness (QED) is 0.107. The van der Waals surface area contributed by atoms with Crippen molar-refractivity contribution >= 4 is 115 Å². The first kappa shape index (κ1) is 37.2. The van der Waals surface area contributed by atoms with Gasteiger partial charge in [-0.05, 0) is 74.7 Å². The van der Waals surface area contributed by atoms with E-state index >= 15 is 0 Å². The number of fused-ring (bicyclic) bond motifs is 8. The molecule has 0 spiro atoms. The summed E-state index contributed by atoms with van der Waals surface area (Å²) in [4.78, 5) is 0. The number of benzene rings is 8. The van der Waals surface area contributed by atoms with Gasteiger partial charge in [-0.25, -0.2) is 0 Å². The lowest BCUT2D eigenvalue weighted by Crippen LogP contribution is -2.84. The molecule has 0 saturated heterocycles. The molecule has 0 N–H and O–H groups in total. The molecule has 0 unspecified atom stereocenters. The maximum Gasteiger partial charge on any atom is 0.242 e. The first-order chi connectivity index (χ1) is 28.4. The first-order valence-corrected chi connectivity index (χ1v) is 26.6. The van der Waals surface area contributed by atoms with Crippen LogP contribution < -0.4 is 53.5 Å². The Labute approximate surface area is 360 Å². The summed E-state index contributed by atoms with van der Waals surface area (Å²) in [6, 6.07) is 49.6. The molecule has 8 aromatic rings. The molecule has 8 aromatic carbocycles. The maximum absolute atomic E-state index is 2.65. The predicted molar refractivity (Wildman–Crippen MR) is 272 cm³/mol. The molecule has 0 amide bonds. The van der Waals surface area contributed by atoms with Gasteiger partial charge in [-0.3, -0.25) is 0 Å². The minimum absolute atomic E-state index is 0.112. The van der Waals surface area contributed by atoms with Crippen molar-refractivity contribution in [2.75, 3.05) is 0 Å². The fourth-order valence-electron chi connectivity index (χ4n) is 15.8. The van der Waals surface area contributed by atoms with E-state index in [0.29, 0.717) is 0 Å². The van der Waals surface area contributed by atoms with Gasteiger partial charge < -0.3 is 0 Å². The highest BCUT2D eigenvalue weighted by atomic mass is 28.3. The van der Waals surface area contributed by atoms with Crippen LogP contribution in [0.2, 0.25) is 20.2 Å². The summed E-state index contributed by atoms with van der Waals surface area (Å²) >= 11 is 0. The van der Waals surface area contributed by atoms with Crippen LogP contribution in [0.1, 0.15) is 83.1 Å². The molecule has 0 bridgehead atoms. The van der Waals surface area contributed by atoms with Crippen molar-refractivity contribution in [2.45, 2.75) is 103 Å². The van der Waals surface area contributed by atoms with Gasteiger partial charge in [0.1, 0.15) is 16.1 Å². The van der Waals surface area contributed by atoms with Crippen molar-refractivity contribution in [1.29, 1.82) is 0 Å². The molecule has 0 fully saturated rings. The van der Waals surface area contributed by atoms with Crippen molar-refractivity contribution in [3.63, 3.8) is 0 Å². The smallest absolute Gasteiger partial charge is 0.0688 e. The molecule has 0 nitrogen and oxygen atoms in total. The summed E-state index contributed by atoms with van der Waals surface area (Å²) in [5, 5.41) is 15.7. The summed E-state index contributed by atoms with van der Waals surface area (Å²) in [7, 11) is -4.76. The van der Waals surface area contributed by atoms with Gasteiger partial charge in [0, 0.05) is 0 Å². The highest BCUT2D eigenvalue weighted by Gasteiger charge is 2.62. The standard InChI is InChI=1S/C56H56B2Si2/c1-53(2,3)59(54(4,5)6)43-23-15-13-21-39(43)57-41-31-33-28-30-36-38-20-18-26-46-52(38)58(40-22-14-16-24-44(40)60(46,55(7,8)9)56(10,11)12)42-32-34-27-29-35(37-19-17-25-45(59)51(37)57)49(41)47(34)48(33)50(36)42/h13-32H,1-12H3. The minimum atomic E-state index is -2.38. The Balaban J connectivity index is 1.23. The summed E-state index contributed by atoms with van der Waals surface area (Å²) in [6.07, 6.45) is 0. The monoisotopic (exact) mass is 806 g/mol. The molecule has 0 aliphatic carbocycles. The Bertz CT molecular complexity index is 2970. The number of hydrogen-bond donors (Lipinski definition) is 0. The molecule has 60 heavy (non-hydrogen) atoms. The number of rotatable bonds is 0. The Hall–Kier alpha value is -4.64. The van der Waals surface area contributed by atoms with E-state index in [0.717, 1.165) is 0 Å². The van der Waals surface area contributed by atoms with Crippen LogP contribution in [0.3, 0.4) is 0 Å². The highest BCUT2D eigenvalue weighted by molar-refractivity contribution is 7.19. The summed E-state index contributed by atoms with van der Waals surface area (Å²) in [5.74, 6) is 0. The fraction of sp³-hybridized carbons (Fsp3) is 0.286. The third-order valence-corrected chi connectivity index (χ3v) is 30.6. The predicted octanol–water partition coefficient (Wildman–Crippen LogP) is 8.53. The van der Waals surface area contributed by atoms with E-state index in [2.05, 4.69) is 204 Å². The second-order valence-electron chi connectivity index (χ2n) is 23.2. The van der Waals surface area contributed by atoms with E-state index in [9.17, 15) is 0 Å². The Morgan fingerprint density at radius 1 is 0.317 bits per heavy atom. The maximum atomic E-state index is 2.65. The minimum Gasteiger partial charge on any atom is -0.0688 e. The van der Waals surface area contributed by atoms with Gasteiger partial charge in [0.05, 0.1) is 0 Å². The van der Waals surface area contributed by atoms with Gasteiger partial charge in [-0.2, -0.15) is 0 Å². The van der Waals surface area contributed by atoms with E-state index in [1.54, 1.807) is 42.6 Å². The number of hydrogen-bond acceptors (Lipinski definition) is 0. The SMILES string of the molecule is CC(C)(C)[Si]1(C(C)(C)C)c2ccccc2B2c3c(cccc31)-c1ccc3cc4c5c(ccc6cc2c1c3c65)-c1cccc2c1B4c1ccccc1[Si]2(C(C)(C)C)C(C)(C)C. The third kappa shape index (κ3) is 4.00. The second-order valence-corrected chi connectivity index (χ2v) is 34.3. The zero-order valence-corrected chi connectivity index (χ0v) is 39.7. The Kier molecular flexibility index (Phi) is 6.96. The average molecular weight is 807 g/mol. The van der Waals surface area contributed by atoms with E-state index in [-0.39, 0.29) is 33.6 Å². The van der Waals surface area contributed by atoms with Gasteiger partial charge in [0.15, 0.2) is 0 Å². The zero-order chi connectivity index (χ0) is 41.8. The molecular weight excluding hydrogens is 750 g/mol. The summed E-state index contributed by atoms with van der Waals surface area (Å²) in [6.45, 7) is 30.9. The van der Waals surface area contributed by atoms with E-state index in [1.807, 2.05) is 0 Å². The first-order valence-electron chi connectivity index (χ1n) is 22.6. The summed E-state index contributed by atoms with van der Waals surface area (Å²) in [5.41, 5.74) is 15.0. The van der Waals surface area contributed by atoms with Crippen molar-refractivity contribution < 1.29 is 0 Å². The van der Waals surface area contributed by atoms with Crippen molar-refractivity contribution in [3.8, 4) is 22.3 Å². The largest absolute Gasteiger partial charge is 0.242 e. The van der Waals surface area contributed by atoms with Gasteiger partial charge in [-0.15, -0.1) is 0 Å². The van der Waals surface area contributed by atoms with E-state index < -0.39 is 16.1 Å². The van der Waals surface area contributed by atoms with Crippen LogP contribution in [0.4, 0.5) is 0 Å². The Morgan fingerprint density at radius 3 is 1.03 bits per heavy atom. The lowest BCUT2D eigenvalue weighted by atomic mass is 9.32. The molecule has 4 aliphatic rings. The Morgan fingerprint density at radius 2 is 0.667 bits per heavy atom. The molecule has 4 heterocycles. The van der Waals surface area contributed by atoms with Gasteiger partial charge >= 0.3 is 0 Å². The highest BCUT2D eigenvalue weighted by Crippen LogP contribution is 2.53. The fourth-order valence-corrected chi connectivity index (χ4v) is 31.4. The molecule has 4 heteroatoms.